The maximum absolute atomic E-state index is 12.1. The minimum atomic E-state index is -0.0831. The van der Waals surface area contributed by atoms with E-state index in [-0.39, 0.29) is 5.91 Å². The number of hydrogen-bond acceptors (Lipinski definition) is 3. The van der Waals surface area contributed by atoms with E-state index in [4.69, 9.17) is 4.74 Å². The van der Waals surface area contributed by atoms with E-state index in [1.807, 2.05) is 48.7 Å². The lowest BCUT2D eigenvalue weighted by atomic mass is 10.2. The van der Waals surface area contributed by atoms with Crippen molar-refractivity contribution in [2.45, 2.75) is 13.5 Å². The van der Waals surface area contributed by atoms with Gasteiger partial charge >= 0.3 is 0 Å². The summed E-state index contributed by atoms with van der Waals surface area (Å²) in [7, 11) is 0. The van der Waals surface area contributed by atoms with Crippen molar-refractivity contribution >= 4 is 17.2 Å². The first-order valence-corrected chi connectivity index (χ1v) is 8.24. The topological polar surface area (TPSA) is 38.3 Å². The predicted octanol–water partition coefficient (Wildman–Crippen LogP) is 4.78. The smallest absolute Gasteiger partial charge is 0.251 e. The molecule has 3 nitrogen and oxygen atoms in total. The second-order valence-corrected chi connectivity index (χ2v) is 6.23. The van der Waals surface area contributed by atoms with Crippen molar-refractivity contribution in [1.29, 1.82) is 0 Å². The fraction of sp³-hybridized carbons (Fsp3) is 0.105. The quantitative estimate of drug-likeness (QED) is 0.734. The monoisotopic (exact) mass is 323 g/mol. The van der Waals surface area contributed by atoms with Crippen LogP contribution in [0.25, 0.3) is 0 Å². The van der Waals surface area contributed by atoms with Crippen LogP contribution in [0.3, 0.4) is 0 Å². The average Bonchev–Trinajstić information content (AvgIpc) is 3.09. The van der Waals surface area contributed by atoms with Gasteiger partial charge in [-0.2, -0.15) is 0 Å². The van der Waals surface area contributed by atoms with Crippen LogP contribution in [-0.2, 0) is 6.54 Å². The zero-order valence-electron chi connectivity index (χ0n) is 12.8. The van der Waals surface area contributed by atoms with E-state index >= 15 is 0 Å². The van der Waals surface area contributed by atoms with Gasteiger partial charge in [-0.1, -0.05) is 23.8 Å². The summed E-state index contributed by atoms with van der Waals surface area (Å²) >= 11 is 1.63. The Morgan fingerprint density at radius 1 is 1.00 bits per heavy atom. The first kappa shape index (κ1) is 15.3. The SMILES string of the molecule is Cc1ccc(Oc2ccc(C(=O)NCc3cccs3)cc2)cc1. The zero-order valence-corrected chi connectivity index (χ0v) is 13.6. The number of nitrogens with one attached hydrogen (secondary N) is 1. The van der Waals surface area contributed by atoms with Gasteiger partial charge in [-0.05, 0) is 54.8 Å². The van der Waals surface area contributed by atoms with Gasteiger partial charge in [0.15, 0.2) is 0 Å². The van der Waals surface area contributed by atoms with Crippen molar-refractivity contribution in [3.63, 3.8) is 0 Å². The number of benzene rings is 2. The molecule has 0 saturated carbocycles. The van der Waals surface area contributed by atoms with Crippen LogP contribution in [0.15, 0.2) is 66.0 Å². The Morgan fingerprint density at radius 2 is 1.65 bits per heavy atom. The maximum atomic E-state index is 12.1. The molecule has 1 heterocycles. The van der Waals surface area contributed by atoms with E-state index in [0.29, 0.717) is 17.9 Å². The highest BCUT2D eigenvalue weighted by molar-refractivity contribution is 7.09. The summed E-state index contributed by atoms with van der Waals surface area (Å²) in [6.07, 6.45) is 0. The summed E-state index contributed by atoms with van der Waals surface area (Å²) in [5.74, 6) is 1.41. The Hall–Kier alpha value is -2.59. The van der Waals surface area contributed by atoms with Crippen LogP contribution in [0, 0.1) is 6.92 Å². The number of thiophene rings is 1. The number of carbonyl (C=O) groups is 1. The van der Waals surface area contributed by atoms with Crippen LogP contribution in [0.5, 0.6) is 11.5 Å². The number of hydrogen-bond donors (Lipinski definition) is 1. The highest BCUT2D eigenvalue weighted by Gasteiger charge is 2.06. The van der Waals surface area contributed by atoms with Gasteiger partial charge in [0.05, 0.1) is 6.54 Å². The van der Waals surface area contributed by atoms with Crippen LogP contribution in [0.1, 0.15) is 20.8 Å². The third kappa shape index (κ3) is 4.20. The molecule has 1 N–H and O–H groups in total. The highest BCUT2D eigenvalue weighted by Crippen LogP contribution is 2.22. The molecule has 0 atom stereocenters. The lowest BCUT2D eigenvalue weighted by Gasteiger charge is -2.07. The minimum absolute atomic E-state index is 0.0831. The van der Waals surface area contributed by atoms with E-state index in [0.717, 1.165) is 10.6 Å². The van der Waals surface area contributed by atoms with E-state index in [1.165, 1.54) is 5.56 Å². The molecule has 4 heteroatoms. The molecule has 0 unspecified atom stereocenters. The molecule has 0 aliphatic carbocycles. The minimum Gasteiger partial charge on any atom is -0.457 e. The molecule has 0 bridgehead atoms. The Kier molecular flexibility index (Phi) is 4.74. The van der Waals surface area contributed by atoms with Crippen LogP contribution in [0.2, 0.25) is 0 Å². The first-order chi connectivity index (χ1) is 11.2. The van der Waals surface area contributed by atoms with Crippen molar-refractivity contribution in [3.8, 4) is 11.5 Å². The molecule has 2 aromatic carbocycles. The van der Waals surface area contributed by atoms with Gasteiger partial charge in [0.25, 0.3) is 5.91 Å². The number of carbonyl (C=O) groups excluding carboxylic acids is 1. The van der Waals surface area contributed by atoms with Crippen molar-refractivity contribution in [2.24, 2.45) is 0 Å². The van der Waals surface area contributed by atoms with Gasteiger partial charge in [-0.25, -0.2) is 0 Å². The van der Waals surface area contributed by atoms with Crippen molar-refractivity contribution < 1.29 is 9.53 Å². The summed E-state index contributed by atoms with van der Waals surface area (Å²) in [5, 5.41) is 4.91. The molecule has 0 spiro atoms. The van der Waals surface area contributed by atoms with Crippen molar-refractivity contribution in [3.05, 3.63) is 82.0 Å². The number of amides is 1. The van der Waals surface area contributed by atoms with Gasteiger partial charge < -0.3 is 10.1 Å². The van der Waals surface area contributed by atoms with E-state index in [2.05, 4.69) is 5.32 Å². The third-order valence-electron chi connectivity index (χ3n) is 3.38. The van der Waals surface area contributed by atoms with Gasteiger partial charge in [-0.15, -0.1) is 11.3 Å². The molecule has 3 rings (SSSR count). The molecule has 0 aliphatic heterocycles. The molecule has 23 heavy (non-hydrogen) atoms. The van der Waals surface area contributed by atoms with Gasteiger partial charge in [0.2, 0.25) is 0 Å². The van der Waals surface area contributed by atoms with Gasteiger partial charge in [0, 0.05) is 10.4 Å². The molecule has 0 radical (unpaired) electrons. The molecule has 3 aromatic rings. The number of ether oxygens (including phenoxy) is 1. The standard InChI is InChI=1S/C19H17NO2S/c1-14-4-8-16(9-5-14)22-17-10-6-15(7-11-17)19(21)20-13-18-3-2-12-23-18/h2-12H,13H2,1H3,(H,20,21). The van der Waals surface area contributed by atoms with Crippen LogP contribution in [0.4, 0.5) is 0 Å². The number of rotatable bonds is 5. The molecule has 1 aromatic heterocycles. The van der Waals surface area contributed by atoms with Gasteiger partial charge in [0.1, 0.15) is 11.5 Å². The molecular formula is C19H17NO2S. The second-order valence-electron chi connectivity index (χ2n) is 5.20. The van der Waals surface area contributed by atoms with E-state index in [1.54, 1.807) is 35.6 Å². The lowest BCUT2D eigenvalue weighted by molar-refractivity contribution is 0.0951. The molecule has 116 valence electrons. The normalized spacial score (nSPS) is 10.3. The Balaban J connectivity index is 1.59. The van der Waals surface area contributed by atoms with E-state index < -0.39 is 0 Å². The summed E-state index contributed by atoms with van der Waals surface area (Å²) in [6, 6.07) is 19.0. The predicted molar refractivity (Wildman–Crippen MR) is 93.2 cm³/mol. The van der Waals surface area contributed by atoms with E-state index in [9.17, 15) is 4.79 Å². The molecule has 0 aliphatic rings. The Labute approximate surface area is 139 Å². The fourth-order valence-electron chi connectivity index (χ4n) is 2.10. The molecule has 1 amide bonds. The van der Waals surface area contributed by atoms with Crippen molar-refractivity contribution in [2.75, 3.05) is 0 Å². The second kappa shape index (κ2) is 7.11. The molecular weight excluding hydrogens is 306 g/mol. The van der Waals surface area contributed by atoms with Crippen molar-refractivity contribution in [1.82, 2.24) is 5.32 Å². The van der Waals surface area contributed by atoms with Crippen LogP contribution < -0.4 is 10.1 Å². The summed E-state index contributed by atoms with van der Waals surface area (Å²) in [4.78, 5) is 13.2. The molecule has 0 saturated heterocycles. The summed E-state index contributed by atoms with van der Waals surface area (Å²) in [5.41, 5.74) is 1.81. The number of aryl methyl sites for hydroxylation is 1. The first-order valence-electron chi connectivity index (χ1n) is 7.36. The third-order valence-corrected chi connectivity index (χ3v) is 4.25. The largest absolute Gasteiger partial charge is 0.457 e. The molecule has 0 fully saturated rings. The summed E-state index contributed by atoms with van der Waals surface area (Å²) < 4.78 is 5.76. The van der Waals surface area contributed by atoms with Crippen LogP contribution in [-0.4, -0.2) is 5.91 Å². The fourth-order valence-corrected chi connectivity index (χ4v) is 2.74. The Bertz CT molecular complexity index is 762. The van der Waals surface area contributed by atoms with Gasteiger partial charge in [-0.3, -0.25) is 4.79 Å². The highest BCUT2D eigenvalue weighted by atomic mass is 32.1. The average molecular weight is 323 g/mol. The lowest BCUT2D eigenvalue weighted by Crippen LogP contribution is -2.22. The maximum Gasteiger partial charge on any atom is 0.251 e. The zero-order chi connectivity index (χ0) is 16.1. The Morgan fingerprint density at radius 3 is 2.26 bits per heavy atom. The van der Waals surface area contributed by atoms with Crippen LogP contribution >= 0.6 is 11.3 Å². The summed E-state index contributed by atoms with van der Waals surface area (Å²) in [6.45, 7) is 2.59.